The Morgan fingerprint density at radius 2 is 2.04 bits per heavy atom. The maximum Gasteiger partial charge on any atom is 0.257 e. The minimum absolute atomic E-state index is 0.0891. The molecule has 6 heteroatoms. The first-order valence-corrected chi connectivity index (χ1v) is 8.52. The predicted molar refractivity (Wildman–Crippen MR) is 89.9 cm³/mol. The summed E-state index contributed by atoms with van der Waals surface area (Å²) in [5.74, 6) is 1.59. The van der Waals surface area contributed by atoms with Gasteiger partial charge >= 0.3 is 0 Å². The zero-order chi connectivity index (χ0) is 16.6. The molecule has 0 saturated carbocycles. The van der Waals surface area contributed by atoms with Gasteiger partial charge in [0.15, 0.2) is 0 Å². The molecule has 2 aliphatic rings. The van der Waals surface area contributed by atoms with Crippen LogP contribution in [0, 0.1) is 12.3 Å². The third-order valence-corrected chi connectivity index (χ3v) is 5.31. The Labute approximate surface area is 141 Å². The summed E-state index contributed by atoms with van der Waals surface area (Å²) in [4.78, 5) is 25.7. The fourth-order valence-electron chi connectivity index (χ4n) is 4.05. The lowest BCUT2D eigenvalue weighted by Crippen LogP contribution is -2.46. The smallest absolute Gasteiger partial charge is 0.257 e. The maximum atomic E-state index is 12.7. The molecule has 2 fully saturated rings. The lowest BCUT2D eigenvalue weighted by Gasteiger charge is -2.40. The maximum absolute atomic E-state index is 12.7. The van der Waals surface area contributed by atoms with Crippen molar-refractivity contribution in [1.82, 2.24) is 14.9 Å². The number of likely N-dealkylation sites (tertiary alicyclic amines) is 1. The number of carbonyl (C=O) groups is 1. The van der Waals surface area contributed by atoms with Crippen molar-refractivity contribution in [2.24, 2.45) is 5.41 Å². The zero-order valence-corrected chi connectivity index (χ0v) is 13.9. The van der Waals surface area contributed by atoms with Crippen LogP contribution in [-0.2, 0) is 0 Å². The average molecular weight is 326 g/mol. The number of anilines is 1. The molecule has 4 rings (SSSR count). The number of aromatic nitrogens is 2. The van der Waals surface area contributed by atoms with Gasteiger partial charge in [-0.25, -0.2) is 9.97 Å². The number of furan rings is 1. The van der Waals surface area contributed by atoms with Crippen LogP contribution in [0.4, 0.5) is 5.95 Å². The van der Waals surface area contributed by atoms with Crippen LogP contribution >= 0.6 is 0 Å². The summed E-state index contributed by atoms with van der Waals surface area (Å²) in [5, 5.41) is 0. The third-order valence-electron chi connectivity index (χ3n) is 5.31. The summed E-state index contributed by atoms with van der Waals surface area (Å²) < 4.78 is 5.28. The van der Waals surface area contributed by atoms with E-state index in [1.807, 2.05) is 17.9 Å². The standard InChI is InChI=1S/C18H22N4O2/c1-14-15(4-11-24-14)16(23)21-10-6-18(12-21)5-2-9-22(13-18)17-19-7-3-8-20-17/h3-4,7-8,11H,2,5-6,9-10,12-13H2,1H3/t18-/m1/s1. The first kappa shape index (κ1) is 15.2. The van der Waals surface area contributed by atoms with Gasteiger partial charge in [0.2, 0.25) is 5.95 Å². The molecule has 126 valence electrons. The molecule has 2 aromatic rings. The monoisotopic (exact) mass is 326 g/mol. The molecule has 6 nitrogen and oxygen atoms in total. The van der Waals surface area contributed by atoms with Crippen molar-refractivity contribution in [3.8, 4) is 0 Å². The van der Waals surface area contributed by atoms with Gasteiger partial charge in [-0.2, -0.15) is 0 Å². The number of rotatable bonds is 2. The van der Waals surface area contributed by atoms with Gasteiger partial charge in [-0.05, 0) is 38.3 Å². The highest BCUT2D eigenvalue weighted by Crippen LogP contribution is 2.40. The molecule has 1 atom stereocenters. The van der Waals surface area contributed by atoms with Gasteiger partial charge in [-0.3, -0.25) is 4.79 Å². The van der Waals surface area contributed by atoms with Gasteiger partial charge in [-0.1, -0.05) is 0 Å². The van der Waals surface area contributed by atoms with Crippen LogP contribution in [0.25, 0.3) is 0 Å². The van der Waals surface area contributed by atoms with Gasteiger partial charge < -0.3 is 14.2 Å². The highest BCUT2D eigenvalue weighted by atomic mass is 16.3. The van der Waals surface area contributed by atoms with Gasteiger partial charge in [0.05, 0.1) is 11.8 Å². The fourth-order valence-corrected chi connectivity index (χ4v) is 4.05. The number of nitrogens with zero attached hydrogens (tertiary/aromatic N) is 4. The zero-order valence-electron chi connectivity index (χ0n) is 13.9. The highest BCUT2D eigenvalue weighted by molar-refractivity contribution is 5.95. The molecule has 4 heterocycles. The molecular weight excluding hydrogens is 304 g/mol. The van der Waals surface area contributed by atoms with E-state index in [0.29, 0.717) is 11.3 Å². The summed E-state index contributed by atoms with van der Waals surface area (Å²) in [5.41, 5.74) is 0.844. The molecule has 0 aromatic carbocycles. The van der Waals surface area contributed by atoms with E-state index < -0.39 is 0 Å². The van der Waals surface area contributed by atoms with Crippen LogP contribution < -0.4 is 4.90 Å². The van der Waals surface area contributed by atoms with Crippen molar-refractivity contribution in [3.63, 3.8) is 0 Å². The Hall–Kier alpha value is -2.37. The first-order valence-electron chi connectivity index (χ1n) is 8.52. The molecule has 0 bridgehead atoms. The topological polar surface area (TPSA) is 62.5 Å². The van der Waals surface area contributed by atoms with Crippen molar-refractivity contribution in [2.75, 3.05) is 31.1 Å². The Kier molecular flexibility index (Phi) is 3.75. The molecule has 24 heavy (non-hydrogen) atoms. The highest BCUT2D eigenvalue weighted by Gasteiger charge is 2.43. The fraction of sp³-hybridized carbons (Fsp3) is 0.500. The quantitative estimate of drug-likeness (QED) is 0.848. The predicted octanol–water partition coefficient (Wildman–Crippen LogP) is 2.51. The average Bonchev–Trinajstić information content (AvgIpc) is 3.22. The summed E-state index contributed by atoms with van der Waals surface area (Å²) in [6, 6.07) is 3.61. The van der Waals surface area contributed by atoms with E-state index in [1.165, 1.54) is 0 Å². The Morgan fingerprint density at radius 3 is 2.79 bits per heavy atom. The molecule has 0 radical (unpaired) electrons. The molecule has 0 aliphatic carbocycles. The van der Waals surface area contributed by atoms with E-state index in [2.05, 4.69) is 14.9 Å². The van der Waals surface area contributed by atoms with Crippen molar-refractivity contribution in [1.29, 1.82) is 0 Å². The van der Waals surface area contributed by atoms with Crippen LogP contribution in [-0.4, -0.2) is 47.0 Å². The summed E-state index contributed by atoms with van der Waals surface area (Å²) in [7, 11) is 0. The molecule has 2 saturated heterocycles. The van der Waals surface area contributed by atoms with E-state index >= 15 is 0 Å². The molecule has 0 unspecified atom stereocenters. The van der Waals surface area contributed by atoms with Crippen molar-refractivity contribution in [2.45, 2.75) is 26.2 Å². The number of amides is 1. The summed E-state index contributed by atoms with van der Waals surface area (Å²) in [6.07, 6.45) is 8.48. The molecule has 1 amide bonds. The second kappa shape index (κ2) is 5.92. The molecular formula is C18H22N4O2. The third kappa shape index (κ3) is 2.66. The summed E-state index contributed by atoms with van der Waals surface area (Å²) >= 11 is 0. The number of hydrogen-bond acceptors (Lipinski definition) is 5. The minimum atomic E-state index is 0.0891. The van der Waals surface area contributed by atoms with Crippen molar-refractivity contribution < 1.29 is 9.21 Å². The van der Waals surface area contributed by atoms with E-state index in [1.54, 1.807) is 24.7 Å². The number of aryl methyl sites for hydroxylation is 1. The van der Waals surface area contributed by atoms with Gasteiger partial charge in [0, 0.05) is 44.0 Å². The largest absolute Gasteiger partial charge is 0.469 e. The molecule has 2 aliphatic heterocycles. The van der Waals surface area contributed by atoms with Crippen LogP contribution in [0.15, 0.2) is 35.2 Å². The SMILES string of the molecule is Cc1occc1C(=O)N1CC[C@]2(CCCN(c3ncccn3)C2)C1. The van der Waals surface area contributed by atoms with Gasteiger partial charge in [0.1, 0.15) is 5.76 Å². The Bertz CT molecular complexity index is 730. The summed E-state index contributed by atoms with van der Waals surface area (Å²) in [6.45, 7) is 5.37. The van der Waals surface area contributed by atoms with Crippen molar-refractivity contribution in [3.05, 3.63) is 42.1 Å². The van der Waals surface area contributed by atoms with Crippen LogP contribution in [0.1, 0.15) is 35.4 Å². The lowest BCUT2D eigenvalue weighted by atomic mass is 9.79. The van der Waals surface area contributed by atoms with E-state index in [4.69, 9.17) is 4.42 Å². The van der Waals surface area contributed by atoms with Crippen LogP contribution in [0.2, 0.25) is 0 Å². The Balaban J connectivity index is 1.49. The van der Waals surface area contributed by atoms with E-state index in [-0.39, 0.29) is 11.3 Å². The van der Waals surface area contributed by atoms with Crippen molar-refractivity contribution >= 4 is 11.9 Å². The minimum Gasteiger partial charge on any atom is -0.469 e. The second-order valence-corrected chi connectivity index (χ2v) is 6.94. The first-order chi connectivity index (χ1) is 11.7. The normalized spacial score (nSPS) is 23.9. The number of hydrogen-bond donors (Lipinski definition) is 0. The number of piperidine rings is 1. The van der Waals surface area contributed by atoms with Gasteiger partial charge in [-0.15, -0.1) is 0 Å². The lowest BCUT2D eigenvalue weighted by molar-refractivity contribution is 0.0765. The second-order valence-electron chi connectivity index (χ2n) is 6.94. The molecule has 1 spiro atoms. The number of carbonyl (C=O) groups excluding carboxylic acids is 1. The Morgan fingerprint density at radius 1 is 1.21 bits per heavy atom. The van der Waals surface area contributed by atoms with Crippen LogP contribution in [0.3, 0.4) is 0 Å². The van der Waals surface area contributed by atoms with E-state index in [0.717, 1.165) is 51.4 Å². The molecule has 2 aromatic heterocycles. The van der Waals surface area contributed by atoms with E-state index in [9.17, 15) is 4.79 Å². The van der Waals surface area contributed by atoms with Crippen LogP contribution in [0.5, 0.6) is 0 Å². The van der Waals surface area contributed by atoms with Gasteiger partial charge in [0.25, 0.3) is 5.91 Å². The molecule has 0 N–H and O–H groups in total.